The van der Waals surface area contributed by atoms with Crippen LogP contribution in [-0.4, -0.2) is 91.1 Å². The first-order chi connectivity index (χ1) is 15.4. The molecule has 2 saturated heterocycles. The number of amides is 1. The minimum absolute atomic E-state index is 0.138. The van der Waals surface area contributed by atoms with Crippen molar-refractivity contribution in [2.75, 3.05) is 59.5 Å². The van der Waals surface area contributed by atoms with Crippen molar-refractivity contribution >= 4 is 11.9 Å². The molecule has 0 aromatic heterocycles. The van der Waals surface area contributed by atoms with E-state index in [9.17, 15) is 9.90 Å². The second-order valence-electron chi connectivity index (χ2n) is 9.15. The molecule has 0 bridgehead atoms. The van der Waals surface area contributed by atoms with Gasteiger partial charge in [0, 0.05) is 51.4 Å². The van der Waals surface area contributed by atoms with E-state index in [1.807, 2.05) is 19.1 Å². The number of ether oxygens (including phenoxy) is 1. The zero-order valence-corrected chi connectivity index (χ0v) is 20.0. The molecule has 0 saturated carbocycles. The number of methoxy groups -OCH3 is 1. The molecule has 2 fully saturated rings. The predicted octanol–water partition coefficient (Wildman–Crippen LogP) is 1.99. The second kappa shape index (κ2) is 11.4. The molecule has 1 aromatic carbocycles. The quantitative estimate of drug-likeness (QED) is 0.515. The van der Waals surface area contributed by atoms with E-state index in [-0.39, 0.29) is 11.7 Å². The van der Waals surface area contributed by atoms with E-state index in [0.29, 0.717) is 30.7 Å². The highest BCUT2D eigenvalue weighted by molar-refractivity contribution is 5.80. The third kappa shape index (κ3) is 6.28. The Hall–Kier alpha value is -2.48. The first-order valence-corrected chi connectivity index (χ1v) is 11.8. The predicted molar refractivity (Wildman–Crippen MR) is 127 cm³/mol. The van der Waals surface area contributed by atoms with E-state index in [0.717, 1.165) is 57.3 Å². The molecule has 2 N–H and O–H groups in total. The molecule has 0 radical (unpaired) electrons. The van der Waals surface area contributed by atoms with Gasteiger partial charge in [-0.2, -0.15) is 0 Å². The Morgan fingerprint density at radius 2 is 1.84 bits per heavy atom. The van der Waals surface area contributed by atoms with Gasteiger partial charge in [0.15, 0.2) is 17.5 Å². The number of hydrogen-bond donors (Lipinski definition) is 2. The van der Waals surface area contributed by atoms with Crippen molar-refractivity contribution in [2.24, 2.45) is 16.8 Å². The van der Waals surface area contributed by atoms with E-state index < -0.39 is 0 Å². The van der Waals surface area contributed by atoms with Gasteiger partial charge in [-0.05, 0) is 31.2 Å². The van der Waals surface area contributed by atoms with Crippen LogP contribution in [0.3, 0.4) is 0 Å². The Labute approximate surface area is 192 Å². The van der Waals surface area contributed by atoms with Crippen LogP contribution in [0.2, 0.25) is 0 Å². The van der Waals surface area contributed by atoms with Crippen LogP contribution in [0, 0.1) is 11.8 Å². The number of nitrogens with one attached hydrogen (secondary N) is 1. The number of carbonyl (C=O) groups excluding carboxylic acids is 1. The number of guanidine groups is 1. The number of benzene rings is 1. The molecule has 0 spiro atoms. The van der Waals surface area contributed by atoms with Gasteiger partial charge in [0.05, 0.1) is 20.2 Å². The minimum Gasteiger partial charge on any atom is -0.504 e. The van der Waals surface area contributed by atoms with Crippen LogP contribution in [-0.2, 0) is 11.3 Å². The molecule has 32 heavy (non-hydrogen) atoms. The Bertz CT molecular complexity index is 782. The van der Waals surface area contributed by atoms with Crippen molar-refractivity contribution in [3.63, 3.8) is 0 Å². The lowest BCUT2D eigenvalue weighted by Gasteiger charge is -2.39. The maximum Gasteiger partial charge on any atom is 0.236 e. The summed E-state index contributed by atoms with van der Waals surface area (Å²) in [5.74, 6) is 2.85. The Kier molecular flexibility index (Phi) is 8.61. The number of para-hydroxylation sites is 1. The fraction of sp³-hybridized carbons (Fsp3) is 0.667. The monoisotopic (exact) mass is 445 g/mol. The highest BCUT2D eigenvalue weighted by Crippen LogP contribution is 2.29. The van der Waals surface area contributed by atoms with Gasteiger partial charge in [-0.15, -0.1) is 0 Å². The Morgan fingerprint density at radius 1 is 1.16 bits per heavy atom. The van der Waals surface area contributed by atoms with Crippen LogP contribution in [0.1, 0.15) is 32.8 Å². The topological polar surface area (TPSA) is 80.6 Å². The number of phenolic OH excluding ortho intramolecular Hbond substituents is 1. The molecule has 2 aliphatic heterocycles. The van der Waals surface area contributed by atoms with Crippen molar-refractivity contribution < 1.29 is 14.6 Å². The van der Waals surface area contributed by atoms with Gasteiger partial charge in [-0.1, -0.05) is 26.0 Å². The number of aliphatic imine (C=N–C) groups is 1. The van der Waals surface area contributed by atoms with Crippen molar-refractivity contribution in [3.05, 3.63) is 23.8 Å². The summed E-state index contributed by atoms with van der Waals surface area (Å²) >= 11 is 0. The molecular formula is C24H39N5O3. The zero-order valence-electron chi connectivity index (χ0n) is 20.0. The molecule has 8 nitrogen and oxygen atoms in total. The van der Waals surface area contributed by atoms with Crippen molar-refractivity contribution in [1.29, 1.82) is 0 Å². The maximum atomic E-state index is 12.8. The molecule has 2 heterocycles. The van der Waals surface area contributed by atoms with Crippen molar-refractivity contribution in [3.8, 4) is 11.5 Å². The fourth-order valence-corrected chi connectivity index (χ4v) is 4.72. The summed E-state index contributed by atoms with van der Waals surface area (Å²) in [6.45, 7) is 13.2. The molecular weight excluding hydrogens is 406 g/mol. The first kappa shape index (κ1) is 24.2. The second-order valence-corrected chi connectivity index (χ2v) is 9.15. The van der Waals surface area contributed by atoms with Crippen LogP contribution in [0.15, 0.2) is 23.2 Å². The van der Waals surface area contributed by atoms with E-state index in [1.165, 1.54) is 6.42 Å². The number of phenols is 1. The number of rotatable bonds is 6. The zero-order chi connectivity index (χ0) is 23.1. The van der Waals surface area contributed by atoms with Crippen LogP contribution in [0.5, 0.6) is 11.5 Å². The number of aromatic hydroxyl groups is 1. The van der Waals surface area contributed by atoms with Gasteiger partial charge in [0.25, 0.3) is 0 Å². The van der Waals surface area contributed by atoms with Crippen LogP contribution < -0.4 is 10.1 Å². The minimum atomic E-state index is 0.138. The lowest BCUT2D eigenvalue weighted by Crippen LogP contribution is -2.55. The van der Waals surface area contributed by atoms with Gasteiger partial charge < -0.3 is 25.0 Å². The van der Waals surface area contributed by atoms with Crippen LogP contribution in [0.4, 0.5) is 0 Å². The van der Waals surface area contributed by atoms with Crippen molar-refractivity contribution in [2.45, 2.75) is 33.7 Å². The Morgan fingerprint density at radius 3 is 2.47 bits per heavy atom. The SMILES string of the molecule is CCNC(=NCc1cccc(OC)c1O)N1CCN(CC(=O)N2CC(C)CC(C)C2)CC1. The highest BCUT2D eigenvalue weighted by Gasteiger charge is 2.28. The summed E-state index contributed by atoms with van der Waals surface area (Å²) < 4.78 is 5.19. The van der Waals surface area contributed by atoms with Crippen LogP contribution >= 0.6 is 0 Å². The lowest BCUT2D eigenvalue weighted by atomic mass is 9.92. The molecule has 178 valence electrons. The third-order valence-corrected chi connectivity index (χ3v) is 6.29. The number of piperidine rings is 1. The summed E-state index contributed by atoms with van der Waals surface area (Å²) in [7, 11) is 1.54. The summed E-state index contributed by atoms with van der Waals surface area (Å²) in [6, 6.07) is 5.45. The van der Waals surface area contributed by atoms with Gasteiger partial charge in [0.2, 0.25) is 5.91 Å². The van der Waals surface area contributed by atoms with Gasteiger partial charge >= 0.3 is 0 Å². The summed E-state index contributed by atoms with van der Waals surface area (Å²) in [6.07, 6.45) is 1.21. The molecule has 2 aliphatic rings. The standard InChI is InChI=1S/C24H39N5O3/c1-5-25-24(26-14-20-7-6-8-21(32-4)23(20)31)28-11-9-27(10-12-28)17-22(30)29-15-18(2)13-19(3)16-29/h6-8,18-19,31H,5,9-17H2,1-4H3,(H,25,26). The maximum absolute atomic E-state index is 12.8. The first-order valence-electron chi connectivity index (χ1n) is 11.8. The average molecular weight is 446 g/mol. The van der Waals surface area contributed by atoms with Crippen LogP contribution in [0.25, 0.3) is 0 Å². The molecule has 3 rings (SSSR count). The molecule has 0 aliphatic carbocycles. The van der Waals surface area contributed by atoms with Gasteiger partial charge in [-0.25, -0.2) is 4.99 Å². The number of carbonyl (C=O) groups is 1. The van der Waals surface area contributed by atoms with E-state index in [2.05, 4.69) is 33.9 Å². The summed E-state index contributed by atoms with van der Waals surface area (Å²) in [5.41, 5.74) is 0.731. The molecule has 2 unspecified atom stereocenters. The number of nitrogens with zero attached hydrogens (tertiary/aromatic N) is 4. The molecule has 1 aromatic rings. The fourth-order valence-electron chi connectivity index (χ4n) is 4.72. The van der Waals surface area contributed by atoms with Crippen molar-refractivity contribution in [1.82, 2.24) is 20.0 Å². The van der Waals surface area contributed by atoms with Gasteiger partial charge in [0.1, 0.15) is 0 Å². The number of likely N-dealkylation sites (tertiary alicyclic amines) is 1. The van der Waals surface area contributed by atoms with Gasteiger partial charge in [-0.3, -0.25) is 9.69 Å². The summed E-state index contributed by atoms with van der Waals surface area (Å²) in [4.78, 5) is 24.1. The Balaban J connectivity index is 1.54. The van der Waals surface area contributed by atoms with E-state index >= 15 is 0 Å². The molecule has 2 atom stereocenters. The lowest BCUT2D eigenvalue weighted by molar-refractivity contribution is -0.135. The molecule has 1 amide bonds. The average Bonchev–Trinajstić information content (AvgIpc) is 2.77. The van der Waals surface area contributed by atoms with E-state index in [1.54, 1.807) is 13.2 Å². The normalized spacial score (nSPS) is 22.7. The number of hydrogen-bond acceptors (Lipinski definition) is 5. The summed E-state index contributed by atoms with van der Waals surface area (Å²) in [5, 5.41) is 13.7. The number of piperazine rings is 1. The highest BCUT2D eigenvalue weighted by atomic mass is 16.5. The molecule has 8 heteroatoms. The smallest absolute Gasteiger partial charge is 0.236 e. The van der Waals surface area contributed by atoms with E-state index in [4.69, 9.17) is 9.73 Å². The third-order valence-electron chi connectivity index (χ3n) is 6.29. The largest absolute Gasteiger partial charge is 0.504 e.